The Hall–Kier alpha value is -3.03. The number of hydrogen-bond acceptors (Lipinski definition) is 7. The minimum Gasteiger partial charge on any atom is -0.434 e. The molecule has 0 saturated carbocycles. The van der Waals surface area contributed by atoms with Crippen LogP contribution in [0.25, 0.3) is 0 Å². The third-order valence-corrected chi connectivity index (χ3v) is 4.84. The number of allylic oxidation sites excluding steroid dienone is 2. The Morgan fingerprint density at radius 3 is 2.03 bits per heavy atom. The van der Waals surface area contributed by atoms with E-state index in [1.807, 2.05) is 13.8 Å². The van der Waals surface area contributed by atoms with E-state index in [2.05, 4.69) is 12.2 Å². The second-order valence-corrected chi connectivity index (χ2v) is 7.56. The van der Waals surface area contributed by atoms with E-state index in [0.717, 1.165) is 12.8 Å². The lowest BCUT2D eigenvalue weighted by molar-refractivity contribution is 0.0640. The zero-order valence-corrected chi connectivity index (χ0v) is 19.3. The van der Waals surface area contributed by atoms with Crippen LogP contribution < -0.4 is 5.32 Å². The van der Waals surface area contributed by atoms with E-state index in [9.17, 15) is 14.0 Å². The van der Waals surface area contributed by atoms with Crippen LogP contribution in [0.2, 0.25) is 0 Å². The Labute approximate surface area is 188 Å². The van der Waals surface area contributed by atoms with Crippen molar-refractivity contribution in [3.63, 3.8) is 0 Å². The van der Waals surface area contributed by atoms with Crippen LogP contribution in [0, 0.1) is 11.7 Å². The smallest absolute Gasteiger partial charge is 0.434 e. The molecule has 0 amide bonds. The first-order chi connectivity index (χ1) is 15.3. The van der Waals surface area contributed by atoms with Crippen LogP contribution in [-0.2, 0) is 18.9 Å². The highest BCUT2D eigenvalue weighted by Crippen LogP contribution is 2.42. The molecule has 8 heteroatoms. The molecule has 1 aliphatic heterocycles. The van der Waals surface area contributed by atoms with Gasteiger partial charge < -0.3 is 24.3 Å². The quantitative estimate of drug-likeness (QED) is 0.454. The molecule has 0 fully saturated rings. The van der Waals surface area contributed by atoms with Gasteiger partial charge in [-0.2, -0.15) is 0 Å². The predicted octanol–water partition coefficient (Wildman–Crippen LogP) is 6.13. The van der Waals surface area contributed by atoms with Crippen molar-refractivity contribution in [1.29, 1.82) is 0 Å². The Bertz CT molecular complexity index is 860. The fourth-order valence-corrected chi connectivity index (χ4v) is 3.37. The zero-order chi connectivity index (χ0) is 23.7. The van der Waals surface area contributed by atoms with Gasteiger partial charge in [-0.3, -0.25) is 0 Å². The molecule has 1 atom stereocenters. The number of hydrogen-bond donors (Lipinski definition) is 1. The van der Waals surface area contributed by atoms with Crippen LogP contribution in [0.1, 0.15) is 65.4 Å². The summed E-state index contributed by atoms with van der Waals surface area (Å²) in [5, 5.41) is 3.31. The molecule has 2 rings (SSSR count). The van der Waals surface area contributed by atoms with Gasteiger partial charge in [0.15, 0.2) is 0 Å². The van der Waals surface area contributed by atoms with Gasteiger partial charge in [0.2, 0.25) is 0 Å². The van der Waals surface area contributed by atoms with Gasteiger partial charge in [-0.15, -0.1) is 0 Å². The molecule has 0 radical (unpaired) electrons. The second kappa shape index (κ2) is 12.1. The van der Waals surface area contributed by atoms with E-state index >= 15 is 0 Å². The average Bonchev–Trinajstić information content (AvgIpc) is 2.74. The highest BCUT2D eigenvalue weighted by atomic mass is 19.1. The molecule has 1 aliphatic rings. The van der Waals surface area contributed by atoms with Crippen molar-refractivity contribution in [1.82, 2.24) is 5.32 Å². The van der Waals surface area contributed by atoms with Crippen molar-refractivity contribution in [2.45, 2.75) is 59.8 Å². The van der Waals surface area contributed by atoms with Gasteiger partial charge in [0.1, 0.15) is 23.3 Å². The maximum atomic E-state index is 13.7. The van der Waals surface area contributed by atoms with E-state index in [0.29, 0.717) is 23.4 Å². The number of rotatable bonds is 9. The molecule has 1 heterocycles. The van der Waals surface area contributed by atoms with Crippen molar-refractivity contribution >= 4 is 12.3 Å². The summed E-state index contributed by atoms with van der Waals surface area (Å²) in [5.74, 6) is -0.735. The first-order valence-electron chi connectivity index (χ1n) is 11.0. The van der Waals surface area contributed by atoms with Crippen molar-refractivity contribution in [2.75, 3.05) is 13.2 Å². The van der Waals surface area contributed by atoms with Gasteiger partial charge in [-0.25, -0.2) is 14.0 Å². The Morgan fingerprint density at radius 1 is 0.969 bits per heavy atom. The Balaban J connectivity index is 2.67. The molecule has 0 aromatic heterocycles. The van der Waals surface area contributed by atoms with Crippen LogP contribution in [0.4, 0.5) is 14.0 Å². The first kappa shape index (κ1) is 25.2. The highest BCUT2D eigenvalue weighted by Gasteiger charge is 2.38. The molecular weight excluding hydrogens is 417 g/mol. The van der Waals surface area contributed by atoms with Crippen molar-refractivity contribution in [2.24, 2.45) is 5.92 Å². The minimum atomic E-state index is -0.873. The molecule has 0 saturated heterocycles. The highest BCUT2D eigenvalue weighted by molar-refractivity contribution is 5.65. The third-order valence-electron chi connectivity index (χ3n) is 4.84. The van der Waals surface area contributed by atoms with Crippen molar-refractivity contribution in [3.05, 3.63) is 58.6 Å². The first-order valence-corrected chi connectivity index (χ1v) is 11.0. The summed E-state index contributed by atoms with van der Waals surface area (Å²) in [6.07, 6.45) is 0.627. The van der Waals surface area contributed by atoms with Crippen LogP contribution in [-0.4, -0.2) is 25.5 Å². The zero-order valence-electron chi connectivity index (χ0n) is 19.3. The fraction of sp³-hybridized carbons (Fsp3) is 0.500. The van der Waals surface area contributed by atoms with Gasteiger partial charge in [0.05, 0.1) is 24.6 Å². The van der Waals surface area contributed by atoms with Gasteiger partial charge in [-0.1, -0.05) is 39.3 Å². The molecule has 32 heavy (non-hydrogen) atoms. The lowest BCUT2D eigenvalue weighted by Gasteiger charge is -2.33. The van der Waals surface area contributed by atoms with Crippen LogP contribution in [0.5, 0.6) is 0 Å². The average molecular weight is 450 g/mol. The van der Waals surface area contributed by atoms with Crippen molar-refractivity contribution in [3.8, 4) is 0 Å². The number of nitrogens with one attached hydrogen (secondary N) is 1. The van der Waals surface area contributed by atoms with Crippen molar-refractivity contribution < 1.29 is 32.9 Å². The van der Waals surface area contributed by atoms with Gasteiger partial charge in [-0.05, 0) is 50.3 Å². The topological polar surface area (TPSA) is 83.1 Å². The summed E-state index contributed by atoms with van der Waals surface area (Å²) in [6, 6.07) is 5.76. The summed E-state index contributed by atoms with van der Waals surface area (Å²) >= 11 is 0. The molecular formula is C24H32FNO6. The largest absolute Gasteiger partial charge is 0.513 e. The van der Waals surface area contributed by atoms with Crippen LogP contribution in [0.15, 0.2) is 47.2 Å². The molecule has 176 valence electrons. The number of dihydropyridines is 1. The van der Waals surface area contributed by atoms with E-state index < -0.39 is 24.0 Å². The standard InChI is InChI=1S/C24H32FNO6/c1-6-9-10-18-21(31-23(27)29-7-2)19(16-11-13-17(25)14-12-16)22(20(26-18)15(4)5)32-24(28)30-8-3/h11-15,19,26H,6-10H2,1-5H3. The van der Waals surface area contributed by atoms with Gasteiger partial charge in [0.25, 0.3) is 0 Å². The Morgan fingerprint density at radius 2 is 1.53 bits per heavy atom. The molecule has 0 bridgehead atoms. The Kier molecular flexibility index (Phi) is 9.56. The maximum absolute atomic E-state index is 13.7. The van der Waals surface area contributed by atoms with E-state index in [1.54, 1.807) is 26.0 Å². The molecule has 1 unspecified atom stereocenters. The van der Waals surface area contributed by atoms with E-state index in [4.69, 9.17) is 18.9 Å². The molecule has 0 spiro atoms. The normalized spacial score (nSPS) is 16.0. The number of benzene rings is 1. The number of halogens is 1. The number of ether oxygens (including phenoxy) is 4. The fourth-order valence-electron chi connectivity index (χ4n) is 3.37. The minimum absolute atomic E-state index is 0.0526. The summed E-state index contributed by atoms with van der Waals surface area (Å²) in [7, 11) is 0. The monoisotopic (exact) mass is 449 g/mol. The SMILES string of the molecule is CCCCC1=C(OC(=O)OCC)C(c2ccc(F)cc2)C(OC(=O)OCC)=C(C(C)C)N1. The summed E-state index contributed by atoms with van der Waals surface area (Å²) in [6.45, 7) is 9.59. The number of carbonyl (C=O) groups excluding carboxylic acids is 2. The maximum Gasteiger partial charge on any atom is 0.513 e. The molecule has 1 aromatic rings. The molecule has 0 aliphatic carbocycles. The van der Waals surface area contributed by atoms with Crippen LogP contribution in [0.3, 0.4) is 0 Å². The van der Waals surface area contributed by atoms with Gasteiger partial charge >= 0.3 is 12.3 Å². The molecule has 1 aromatic carbocycles. The van der Waals surface area contributed by atoms with E-state index in [1.165, 1.54) is 12.1 Å². The van der Waals surface area contributed by atoms with Crippen LogP contribution >= 0.6 is 0 Å². The third kappa shape index (κ3) is 6.48. The summed E-state index contributed by atoms with van der Waals surface area (Å²) in [5.41, 5.74) is 1.95. The number of unbranched alkanes of at least 4 members (excludes halogenated alkanes) is 1. The predicted molar refractivity (Wildman–Crippen MR) is 117 cm³/mol. The van der Waals surface area contributed by atoms with E-state index in [-0.39, 0.29) is 30.6 Å². The lowest BCUT2D eigenvalue weighted by atomic mass is 9.87. The summed E-state index contributed by atoms with van der Waals surface area (Å²) < 4.78 is 34.9. The summed E-state index contributed by atoms with van der Waals surface area (Å²) in [4.78, 5) is 24.6. The lowest BCUT2D eigenvalue weighted by Crippen LogP contribution is -2.33. The molecule has 7 nitrogen and oxygen atoms in total. The van der Waals surface area contributed by atoms with Gasteiger partial charge in [0, 0.05) is 0 Å². The second-order valence-electron chi connectivity index (χ2n) is 7.56. The number of carbonyl (C=O) groups is 2. The molecule has 1 N–H and O–H groups in total.